The molecule has 2 N–H and O–H groups in total. The predicted molar refractivity (Wildman–Crippen MR) is 96.5 cm³/mol. The molecule has 0 aliphatic carbocycles. The van der Waals surface area contributed by atoms with Crippen molar-refractivity contribution in [3.05, 3.63) is 31.2 Å². The molecule has 3 rings (SSSR count). The summed E-state index contributed by atoms with van der Waals surface area (Å²) in [6.07, 6.45) is 0. The van der Waals surface area contributed by atoms with Crippen LogP contribution in [-0.4, -0.2) is 16.4 Å². The van der Waals surface area contributed by atoms with E-state index < -0.39 is 0 Å². The number of nitrogen functional groups attached to an aromatic ring is 1. The van der Waals surface area contributed by atoms with Crippen molar-refractivity contribution in [2.45, 2.75) is 13.5 Å². The van der Waals surface area contributed by atoms with Crippen LogP contribution < -0.4 is 10.6 Å². The first-order valence-corrected chi connectivity index (χ1v) is 9.49. The minimum absolute atomic E-state index is 0.554. The number of halogens is 1. The summed E-state index contributed by atoms with van der Waals surface area (Å²) in [5, 5.41) is 6.28. The second-order valence-electron chi connectivity index (χ2n) is 4.61. The fourth-order valence-electron chi connectivity index (χ4n) is 2.05. The molecule has 0 amide bonds. The van der Waals surface area contributed by atoms with Gasteiger partial charge in [0.1, 0.15) is 10.8 Å². The van der Waals surface area contributed by atoms with Crippen LogP contribution in [0.3, 0.4) is 0 Å². The van der Waals surface area contributed by atoms with Gasteiger partial charge in [0.05, 0.1) is 20.1 Å². The maximum Gasteiger partial charge on any atom is 0.148 e. The molecule has 4 nitrogen and oxygen atoms in total. The van der Waals surface area contributed by atoms with Gasteiger partial charge in [0.25, 0.3) is 0 Å². The van der Waals surface area contributed by atoms with Crippen LogP contribution in [0.4, 0.5) is 10.8 Å². The molecule has 0 fully saturated rings. The zero-order chi connectivity index (χ0) is 15.0. The third-order valence-electron chi connectivity index (χ3n) is 2.96. The molecule has 3 aromatic heterocycles. The van der Waals surface area contributed by atoms with E-state index >= 15 is 0 Å². The minimum Gasteiger partial charge on any atom is -0.382 e. The van der Waals surface area contributed by atoms with Gasteiger partial charge in [-0.25, -0.2) is 4.98 Å². The Balaban J connectivity index is 1.92. The number of thiophene rings is 1. The van der Waals surface area contributed by atoms with Crippen molar-refractivity contribution < 1.29 is 0 Å². The zero-order valence-corrected chi connectivity index (χ0v) is 15.5. The molecule has 21 heavy (non-hydrogen) atoms. The van der Waals surface area contributed by atoms with Gasteiger partial charge < -0.3 is 10.6 Å². The van der Waals surface area contributed by atoms with E-state index in [1.165, 1.54) is 17.1 Å². The molecule has 0 aliphatic rings. The van der Waals surface area contributed by atoms with Crippen LogP contribution in [0.2, 0.25) is 0 Å². The Morgan fingerprint density at radius 2 is 2.14 bits per heavy atom. The molecule has 8 heteroatoms. The summed E-state index contributed by atoms with van der Waals surface area (Å²) in [5.74, 6) is 0.554. The quantitative estimate of drug-likeness (QED) is 0.693. The number of thiazole rings is 1. The summed E-state index contributed by atoms with van der Waals surface area (Å²) >= 11 is 8.24. The van der Waals surface area contributed by atoms with Crippen LogP contribution in [0, 0.1) is 6.92 Å². The predicted octanol–water partition coefficient (Wildman–Crippen LogP) is 4.62. The van der Waals surface area contributed by atoms with Crippen LogP contribution in [0.15, 0.2) is 20.6 Å². The van der Waals surface area contributed by atoms with Crippen molar-refractivity contribution in [1.82, 2.24) is 9.36 Å². The molecular formula is C13H13BrN4S3. The molecular weight excluding hydrogens is 388 g/mol. The molecule has 0 aliphatic heterocycles. The summed E-state index contributed by atoms with van der Waals surface area (Å²) in [6, 6.07) is 2.14. The van der Waals surface area contributed by atoms with E-state index in [2.05, 4.69) is 48.7 Å². The largest absolute Gasteiger partial charge is 0.382 e. The van der Waals surface area contributed by atoms with E-state index in [1.807, 2.05) is 12.3 Å². The van der Waals surface area contributed by atoms with Crippen LogP contribution in [0.1, 0.15) is 10.6 Å². The van der Waals surface area contributed by atoms with Crippen molar-refractivity contribution in [3.8, 4) is 11.3 Å². The van der Waals surface area contributed by atoms with E-state index in [0.717, 1.165) is 31.6 Å². The Morgan fingerprint density at radius 3 is 2.76 bits per heavy atom. The average Bonchev–Trinajstić information content (AvgIpc) is 3.11. The van der Waals surface area contributed by atoms with E-state index in [-0.39, 0.29) is 0 Å². The lowest BCUT2D eigenvalue weighted by Crippen LogP contribution is -2.15. The molecule has 0 spiro atoms. The van der Waals surface area contributed by atoms with Gasteiger partial charge in [0.15, 0.2) is 0 Å². The highest BCUT2D eigenvalue weighted by Gasteiger charge is 2.19. The number of rotatable bonds is 4. The minimum atomic E-state index is 0.554. The number of hydrogen-bond acceptors (Lipinski definition) is 7. The molecule has 0 bridgehead atoms. The molecule has 3 aromatic rings. The normalized spacial score (nSPS) is 11.0. The van der Waals surface area contributed by atoms with Crippen LogP contribution in [0.5, 0.6) is 0 Å². The first kappa shape index (κ1) is 15.0. The Bertz CT molecular complexity index is 761. The van der Waals surface area contributed by atoms with Crippen molar-refractivity contribution in [2.75, 3.05) is 17.7 Å². The molecule has 0 saturated heterocycles. The second-order valence-corrected chi connectivity index (χ2v) is 8.72. The van der Waals surface area contributed by atoms with Gasteiger partial charge in [-0.2, -0.15) is 4.37 Å². The third-order valence-corrected chi connectivity index (χ3v) is 6.27. The number of anilines is 2. The molecule has 0 atom stereocenters. The number of nitrogens with zero attached hydrogens (tertiary/aromatic N) is 3. The van der Waals surface area contributed by atoms with E-state index in [0.29, 0.717) is 5.82 Å². The van der Waals surface area contributed by atoms with Gasteiger partial charge in [-0.3, -0.25) is 0 Å². The van der Waals surface area contributed by atoms with E-state index in [4.69, 9.17) is 5.73 Å². The number of aromatic nitrogens is 2. The van der Waals surface area contributed by atoms with E-state index in [1.54, 1.807) is 22.7 Å². The van der Waals surface area contributed by atoms with Crippen molar-refractivity contribution >= 4 is 61.0 Å². The van der Waals surface area contributed by atoms with Crippen molar-refractivity contribution in [2.24, 2.45) is 0 Å². The number of aryl methyl sites for hydroxylation is 1. The summed E-state index contributed by atoms with van der Waals surface area (Å²) in [7, 11) is 2.06. The number of nitrogens with two attached hydrogens (primary N) is 1. The Labute approximate surface area is 143 Å². The van der Waals surface area contributed by atoms with Gasteiger partial charge in [-0.05, 0) is 51.4 Å². The van der Waals surface area contributed by atoms with Crippen LogP contribution >= 0.6 is 50.1 Å². The highest BCUT2D eigenvalue weighted by Crippen LogP contribution is 2.39. The molecule has 3 heterocycles. The van der Waals surface area contributed by atoms with Crippen LogP contribution in [-0.2, 0) is 6.54 Å². The Kier molecular flexibility index (Phi) is 4.30. The van der Waals surface area contributed by atoms with E-state index in [9.17, 15) is 0 Å². The third kappa shape index (κ3) is 3.13. The molecule has 0 aromatic carbocycles. The van der Waals surface area contributed by atoms with Gasteiger partial charge in [0, 0.05) is 19.0 Å². The molecule has 0 radical (unpaired) electrons. The SMILES string of the molecule is Cc1nc(-c2c(N)nsc2N(C)Cc2csc(Br)c2)cs1. The summed E-state index contributed by atoms with van der Waals surface area (Å²) in [5.41, 5.74) is 9.17. The monoisotopic (exact) mass is 400 g/mol. The topological polar surface area (TPSA) is 55.0 Å². The first-order chi connectivity index (χ1) is 10.0. The fraction of sp³-hybridized carbons (Fsp3) is 0.231. The molecule has 0 saturated carbocycles. The van der Waals surface area contributed by atoms with Crippen molar-refractivity contribution in [3.63, 3.8) is 0 Å². The zero-order valence-electron chi connectivity index (χ0n) is 11.5. The lowest BCUT2D eigenvalue weighted by atomic mass is 10.2. The highest BCUT2D eigenvalue weighted by atomic mass is 79.9. The standard InChI is InChI=1S/C13H13BrN4S3/c1-7-16-9(6-19-7)11-12(15)17-21-13(11)18(2)4-8-3-10(14)20-5-8/h3,5-6H,4H2,1-2H3,(H2,15,17). The van der Waals surface area contributed by atoms with Crippen molar-refractivity contribution in [1.29, 1.82) is 0 Å². The summed E-state index contributed by atoms with van der Waals surface area (Å²) in [6.45, 7) is 2.82. The summed E-state index contributed by atoms with van der Waals surface area (Å²) in [4.78, 5) is 6.71. The van der Waals surface area contributed by atoms with Gasteiger partial charge in [-0.15, -0.1) is 22.7 Å². The Hall–Kier alpha value is -0.960. The lowest BCUT2D eigenvalue weighted by molar-refractivity contribution is 0.940. The Morgan fingerprint density at radius 1 is 1.33 bits per heavy atom. The molecule has 110 valence electrons. The fourth-order valence-corrected chi connectivity index (χ4v) is 4.63. The average molecular weight is 401 g/mol. The lowest BCUT2D eigenvalue weighted by Gasteiger charge is -2.17. The summed E-state index contributed by atoms with van der Waals surface area (Å²) < 4.78 is 5.45. The maximum absolute atomic E-state index is 6.05. The highest BCUT2D eigenvalue weighted by molar-refractivity contribution is 9.11. The smallest absolute Gasteiger partial charge is 0.148 e. The number of hydrogen-bond donors (Lipinski definition) is 1. The van der Waals surface area contributed by atoms with Crippen LogP contribution in [0.25, 0.3) is 11.3 Å². The van der Waals surface area contributed by atoms with Gasteiger partial charge in [0.2, 0.25) is 0 Å². The van der Waals surface area contributed by atoms with Gasteiger partial charge in [-0.1, -0.05) is 0 Å². The maximum atomic E-state index is 6.05. The van der Waals surface area contributed by atoms with Gasteiger partial charge >= 0.3 is 0 Å². The second kappa shape index (κ2) is 6.04. The first-order valence-electron chi connectivity index (χ1n) is 6.16. The molecule has 0 unspecified atom stereocenters.